The van der Waals surface area contributed by atoms with Gasteiger partial charge in [0.25, 0.3) is 5.91 Å². The molecule has 0 radical (unpaired) electrons. The summed E-state index contributed by atoms with van der Waals surface area (Å²) in [4.78, 5) is 27.1. The zero-order valence-electron chi connectivity index (χ0n) is 21.0. The Morgan fingerprint density at radius 1 is 1.03 bits per heavy atom. The molecule has 2 heterocycles. The highest BCUT2D eigenvalue weighted by atomic mass is 32.3. The summed E-state index contributed by atoms with van der Waals surface area (Å²) in [5.41, 5.74) is 2.40. The Labute approximate surface area is 216 Å². The molecule has 0 N–H and O–H groups in total. The first-order chi connectivity index (χ1) is 17.0. The summed E-state index contributed by atoms with van der Waals surface area (Å²) in [6.45, 7) is 7.54. The van der Waals surface area contributed by atoms with Gasteiger partial charge >= 0.3 is 5.97 Å². The summed E-state index contributed by atoms with van der Waals surface area (Å²) < 4.78 is 37.3. The van der Waals surface area contributed by atoms with Crippen molar-refractivity contribution >= 4 is 33.5 Å². The van der Waals surface area contributed by atoms with Crippen LogP contribution in [0.25, 0.3) is 0 Å². The molecule has 4 rings (SSSR count). The number of thioether (sulfide) groups is 1. The van der Waals surface area contributed by atoms with Crippen molar-refractivity contribution in [2.45, 2.75) is 49.9 Å². The van der Waals surface area contributed by atoms with Crippen molar-refractivity contribution in [3.05, 3.63) is 83.1 Å². The van der Waals surface area contributed by atoms with Gasteiger partial charge in [-0.15, -0.1) is 11.8 Å². The van der Waals surface area contributed by atoms with Gasteiger partial charge in [-0.2, -0.15) is 0 Å². The molecular weight excluding hydrogens is 498 g/mol. The number of fused-ring (bicyclic) bond motifs is 1. The average molecular weight is 530 g/mol. The van der Waals surface area contributed by atoms with E-state index in [1.165, 1.54) is 12.0 Å². The van der Waals surface area contributed by atoms with E-state index in [4.69, 9.17) is 9.47 Å². The van der Waals surface area contributed by atoms with Crippen molar-refractivity contribution in [3.8, 4) is 0 Å². The molecule has 0 bridgehead atoms. The molecule has 36 heavy (non-hydrogen) atoms. The van der Waals surface area contributed by atoms with Gasteiger partial charge in [0, 0.05) is 18.2 Å². The molecule has 1 amide bonds. The molecule has 0 spiro atoms. The molecule has 0 aliphatic carbocycles. The van der Waals surface area contributed by atoms with Gasteiger partial charge in [0.05, 0.1) is 5.75 Å². The molecule has 2 aromatic carbocycles. The molecule has 1 unspecified atom stereocenters. The normalized spacial score (nSPS) is 23.3. The number of ether oxygens (including phenoxy) is 2. The number of nitrogens with zero attached hydrogens (tertiary/aromatic N) is 1. The average Bonchev–Trinajstić information content (AvgIpc) is 2.83. The fourth-order valence-corrected chi connectivity index (χ4v) is 8.91. The van der Waals surface area contributed by atoms with E-state index in [-0.39, 0.29) is 11.7 Å². The summed E-state index contributed by atoms with van der Waals surface area (Å²) in [6, 6.07) is 18.8. The van der Waals surface area contributed by atoms with Gasteiger partial charge in [-0.1, -0.05) is 81.4 Å². The van der Waals surface area contributed by atoms with E-state index in [0.29, 0.717) is 11.3 Å². The van der Waals surface area contributed by atoms with Gasteiger partial charge in [-0.3, -0.25) is 14.5 Å². The predicted octanol–water partition coefficient (Wildman–Crippen LogP) is 4.31. The summed E-state index contributed by atoms with van der Waals surface area (Å²) in [5.74, 6) is -1.03. The fourth-order valence-electron chi connectivity index (χ4n) is 4.95. The van der Waals surface area contributed by atoms with Crippen molar-refractivity contribution in [3.63, 3.8) is 0 Å². The smallest absolute Gasteiger partial charge is 0.316 e. The number of carbonyl (C=O) groups is 2. The van der Waals surface area contributed by atoms with Crippen LogP contribution in [0.5, 0.6) is 0 Å². The minimum atomic E-state index is -3.85. The van der Waals surface area contributed by atoms with Crippen LogP contribution < -0.4 is 0 Å². The van der Waals surface area contributed by atoms with Crippen LogP contribution in [-0.2, 0) is 28.9 Å². The van der Waals surface area contributed by atoms with Gasteiger partial charge in [0.2, 0.25) is 0 Å². The lowest BCUT2D eigenvalue weighted by Crippen LogP contribution is -2.71. The van der Waals surface area contributed by atoms with Gasteiger partial charge in [-0.05, 0) is 23.6 Å². The molecule has 1 saturated heterocycles. The Balaban J connectivity index is 1.59. The largest absolute Gasteiger partial charge is 0.452 e. The summed E-state index contributed by atoms with van der Waals surface area (Å²) in [5, 5.41) is -1.09. The van der Waals surface area contributed by atoms with Crippen LogP contribution in [0.2, 0.25) is 0 Å². The number of carbonyl (C=O) groups excluding carboxylic acids is 2. The molecule has 0 aromatic heterocycles. The lowest BCUT2D eigenvalue weighted by atomic mass is 9.85. The highest BCUT2D eigenvalue weighted by molar-refractivity contribution is 8.14. The van der Waals surface area contributed by atoms with Crippen molar-refractivity contribution < 1.29 is 27.5 Å². The number of methoxy groups -OCH3 is 1. The topological polar surface area (TPSA) is 90.0 Å². The predicted molar refractivity (Wildman–Crippen MR) is 140 cm³/mol. The second-order valence-corrected chi connectivity index (χ2v) is 13.5. The monoisotopic (exact) mass is 529 g/mol. The SMILES string of the molecule is CO[C@H]1C(=O)N2C(C(C)(C)C)=C(C)C(SCC(=O)OC(c3ccccc3)c3ccccc3)S(=O)(=O)[C@@H]12. The number of β-lactam (4-membered cyclic amide) rings is 1. The molecular formula is C27H31NO6S2. The van der Waals surface area contributed by atoms with E-state index in [1.54, 1.807) is 6.92 Å². The van der Waals surface area contributed by atoms with E-state index < -0.39 is 43.4 Å². The zero-order valence-corrected chi connectivity index (χ0v) is 22.6. The third kappa shape index (κ3) is 4.71. The highest BCUT2D eigenvalue weighted by Crippen LogP contribution is 2.49. The molecule has 2 aliphatic rings. The van der Waals surface area contributed by atoms with Crippen LogP contribution in [-0.4, -0.2) is 54.1 Å². The Bertz CT molecular complexity index is 1230. The molecule has 9 heteroatoms. The van der Waals surface area contributed by atoms with Crippen molar-refractivity contribution in [1.29, 1.82) is 0 Å². The van der Waals surface area contributed by atoms with E-state index >= 15 is 0 Å². The first-order valence-corrected chi connectivity index (χ1v) is 14.3. The van der Waals surface area contributed by atoms with E-state index in [1.807, 2.05) is 81.4 Å². The molecule has 2 aromatic rings. The van der Waals surface area contributed by atoms with Crippen molar-refractivity contribution in [1.82, 2.24) is 4.90 Å². The Hall–Kier alpha value is -2.62. The number of hydrogen-bond donors (Lipinski definition) is 0. The first-order valence-electron chi connectivity index (χ1n) is 11.7. The highest BCUT2D eigenvalue weighted by Gasteiger charge is 2.63. The number of sulfone groups is 1. The molecule has 192 valence electrons. The number of benzene rings is 2. The van der Waals surface area contributed by atoms with Crippen LogP contribution in [0.1, 0.15) is 44.9 Å². The Morgan fingerprint density at radius 3 is 2.03 bits per heavy atom. The van der Waals surface area contributed by atoms with Crippen LogP contribution in [0.4, 0.5) is 0 Å². The number of amides is 1. The van der Waals surface area contributed by atoms with Gasteiger partial charge < -0.3 is 9.47 Å². The first kappa shape index (κ1) is 26.4. The number of hydrogen-bond acceptors (Lipinski definition) is 7. The number of esters is 1. The minimum absolute atomic E-state index is 0.160. The quantitative estimate of drug-likeness (QED) is 0.390. The molecule has 3 atom stereocenters. The number of allylic oxidation sites excluding steroid dienone is 1. The fraction of sp³-hybridized carbons (Fsp3) is 0.407. The van der Waals surface area contributed by atoms with Gasteiger partial charge in [-0.25, -0.2) is 8.42 Å². The van der Waals surface area contributed by atoms with Crippen molar-refractivity contribution in [2.24, 2.45) is 5.41 Å². The summed E-state index contributed by atoms with van der Waals surface area (Å²) >= 11 is 1.01. The maximum atomic E-state index is 13.6. The lowest BCUT2D eigenvalue weighted by molar-refractivity contribution is -0.160. The molecule has 7 nitrogen and oxygen atoms in total. The standard InChI is InChI=1S/C27H31NO6S2/c1-17-23(27(2,3)4)28-24(30)22(33-5)25(28)36(31,32)26(17)35-16-20(29)34-21(18-12-8-6-9-13-18)19-14-10-7-11-15-19/h6-15,21-22,25-26H,16H2,1-5H3/t22-,25-,26?/m0/s1. The Kier molecular flexibility index (Phi) is 7.37. The van der Waals surface area contributed by atoms with Crippen LogP contribution in [0.3, 0.4) is 0 Å². The second kappa shape index (κ2) is 10.0. The summed E-state index contributed by atoms with van der Waals surface area (Å²) in [6.07, 6.45) is -1.65. The minimum Gasteiger partial charge on any atom is -0.452 e. The lowest BCUT2D eigenvalue weighted by Gasteiger charge is -2.53. The second-order valence-electron chi connectivity index (χ2n) is 9.96. The maximum absolute atomic E-state index is 13.6. The maximum Gasteiger partial charge on any atom is 0.316 e. The zero-order chi connectivity index (χ0) is 26.3. The molecule has 1 fully saturated rings. The number of rotatable bonds is 7. The van der Waals surface area contributed by atoms with E-state index in [2.05, 4.69) is 0 Å². The third-order valence-electron chi connectivity index (χ3n) is 6.37. The van der Waals surface area contributed by atoms with Crippen LogP contribution in [0, 0.1) is 5.41 Å². The van der Waals surface area contributed by atoms with Gasteiger partial charge in [0.1, 0.15) is 4.58 Å². The molecule has 2 aliphatic heterocycles. The van der Waals surface area contributed by atoms with Crippen LogP contribution in [0.15, 0.2) is 71.9 Å². The Morgan fingerprint density at radius 2 is 1.56 bits per heavy atom. The third-order valence-corrected chi connectivity index (χ3v) is 10.7. The van der Waals surface area contributed by atoms with Crippen LogP contribution >= 0.6 is 11.8 Å². The van der Waals surface area contributed by atoms with E-state index in [9.17, 15) is 18.0 Å². The van der Waals surface area contributed by atoms with Crippen molar-refractivity contribution in [2.75, 3.05) is 12.9 Å². The van der Waals surface area contributed by atoms with E-state index in [0.717, 1.165) is 22.9 Å². The molecule has 0 saturated carbocycles. The summed E-state index contributed by atoms with van der Waals surface area (Å²) in [7, 11) is -2.51. The van der Waals surface area contributed by atoms with Gasteiger partial charge in [0.15, 0.2) is 27.4 Å².